The number of nitrogen functional groups attached to an aromatic ring is 1. The van der Waals surface area contributed by atoms with Crippen LogP contribution in [0.15, 0.2) is 77.7 Å². The molecule has 0 atom stereocenters. The van der Waals surface area contributed by atoms with Gasteiger partial charge < -0.3 is 11.1 Å². The molecule has 0 saturated carbocycles. The Hall–Kier alpha value is -3.20. The number of halogens is 3. The van der Waals surface area contributed by atoms with Crippen LogP contribution in [0.4, 0.5) is 35.9 Å². The van der Waals surface area contributed by atoms with Gasteiger partial charge in [0.25, 0.3) is 10.0 Å². The number of sulfonamides is 1. The van der Waals surface area contributed by atoms with Crippen LogP contribution < -0.4 is 15.8 Å². The van der Waals surface area contributed by atoms with Crippen molar-refractivity contribution in [2.24, 2.45) is 0 Å². The third-order valence-electron chi connectivity index (χ3n) is 3.85. The number of nitrogens with one attached hydrogen (secondary N) is 2. The summed E-state index contributed by atoms with van der Waals surface area (Å²) < 4.78 is 65.1. The van der Waals surface area contributed by atoms with Crippen molar-refractivity contribution >= 4 is 32.8 Å². The maximum Gasteiger partial charge on any atom is 0.416 e. The van der Waals surface area contributed by atoms with Gasteiger partial charge in [-0.3, -0.25) is 4.72 Å². The van der Waals surface area contributed by atoms with E-state index < -0.39 is 21.8 Å². The summed E-state index contributed by atoms with van der Waals surface area (Å²) in [5.41, 5.74) is 5.99. The quantitative estimate of drug-likeness (QED) is 0.529. The second-order valence-electron chi connectivity index (χ2n) is 5.92. The Morgan fingerprint density at radius 1 is 0.821 bits per heavy atom. The van der Waals surface area contributed by atoms with Gasteiger partial charge in [-0.2, -0.15) is 13.2 Å². The monoisotopic (exact) mass is 407 g/mol. The van der Waals surface area contributed by atoms with E-state index in [1.165, 1.54) is 30.3 Å². The van der Waals surface area contributed by atoms with Gasteiger partial charge in [-0.1, -0.05) is 18.2 Å². The zero-order chi connectivity index (χ0) is 20.4. The Morgan fingerprint density at radius 3 is 2.00 bits per heavy atom. The third kappa shape index (κ3) is 4.55. The fourth-order valence-corrected chi connectivity index (χ4v) is 3.52. The molecule has 3 aromatic carbocycles. The molecule has 0 saturated heterocycles. The lowest BCUT2D eigenvalue weighted by molar-refractivity contribution is -0.137. The molecule has 5 nitrogen and oxygen atoms in total. The largest absolute Gasteiger partial charge is 0.416 e. The van der Waals surface area contributed by atoms with Crippen molar-refractivity contribution in [1.82, 2.24) is 0 Å². The first-order chi connectivity index (χ1) is 13.1. The van der Waals surface area contributed by atoms with Crippen molar-refractivity contribution in [1.29, 1.82) is 0 Å². The summed E-state index contributed by atoms with van der Waals surface area (Å²) in [6.45, 7) is 0. The van der Waals surface area contributed by atoms with Crippen molar-refractivity contribution in [2.75, 3.05) is 15.8 Å². The van der Waals surface area contributed by atoms with Crippen LogP contribution in [0, 0.1) is 0 Å². The first kappa shape index (κ1) is 19.6. The molecule has 9 heteroatoms. The predicted molar refractivity (Wildman–Crippen MR) is 103 cm³/mol. The van der Waals surface area contributed by atoms with Crippen molar-refractivity contribution in [3.05, 3.63) is 78.4 Å². The summed E-state index contributed by atoms with van der Waals surface area (Å²) in [5.74, 6) is 0. The highest BCUT2D eigenvalue weighted by Gasteiger charge is 2.30. The highest BCUT2D eigenvalue weighted by molar-refractivity contribution is 7.92. The van der Waals surface area contributed by atoms with Crippen molar-refractivity contribution in [3.8, 4) is 0 Å². The number of anilines is 4. The average molecular weight is 407 g/mol. The highest BCUT2D eigenvalue weighted by atomic mass is 32.2. The lowest BCUT2D eigenvalue weighted by Crippen LogP contribution is -2.12. The molecule has 0 heterocycles. The minimum absolute atomic E-state index is 0.0521. The fourth-order valence-electron chi connectivity index (χ4n) is 2.44. The van der Waals surface area contributed by atoms with E-state index in [0.29, 0.717) is 17.1 Å². The zero-order valence-corrected chi connectivity index (χ0v) is 15.2. The van der Waals surface area contributed by atoms with Crippen molar-refractivity contribution in [2.45, 2.75) is 11.1 Å². The summed E-state index contributed by atoms with van der Waals surface area (Å²) in [6.07, 6.45) is -4.47. The number of hydrogen-bond donors (Lipinski definition) is 3. The molecule has 0 amide bonds. The van der Waals surface area contributed by atoms with Crippen LogP contribution in [0.2, 0.25) is 0 Å². The van der Waals surface area contributed by atoms with Gasteiger partial charge in [0.1, 0.15) is 0 Å². The van der Waals surface area contributed by atoms with Crippen LogP contribution >= 0.6 is 0 Å². The summed E-state index contributed by atoms with van der Waals surface area (Å²) in [5, 5.41) is 2.90. The van der Waals surface area contributed by atoms with E-state index in [9.17, 15) is 21.6 Å². The van der Waals surface area contributed by atoms with E-state index in [-0.39, 0.29) is 10.6 Å². The first-order valence-corrected chi connectivity index (χ1v) is 9.55. The molecular weight excluding hydrogens is 391 g/mol. The van der Waals surface area contributed by atoms with Crippen LogP contribution in [0.25, 0.3) is 0 Å². The van der Waals surface area contributed by atoms with Gasteiger partial charge in [0.15, 0.2) is 0 Å². The van der Waals surface area contributed by atoms with Gasteiger partial charge in [0.2, 0.25) is 0 Å². The molecule has 0 aliphatic heterocycles. The van der Waals surface area contributed by atoms with Crippen molar-refractivity contribution < 1.29 is 21.6 Å². The minimum atomic E-state index is -4.47. The standard InChI is InChI=1S/C19H16F3N3O2S/c20-19(21,22)13-6-11-18(17(23)12-13)24-14-7-9-15(10-8-14)25-28(26,27)16-4-2-1-3-5-16/h1-12,24-25H,23H2. The van der Waals surface area contributed by atoms with Gasteiger partial charge in [-0.15, -0.1) is 0 Å². The molecule has 0 spiro atoms. The molecule has 0 radical (unpaired) electrons. The molecule has 4 N–H and O–H groups in total. The van der Waals surface area contributed by atoms with Gasteiger partial charge in [0.05, 0.1) is 21.8 Å². The minimum Gasteiger partial charge on any atom is -0.397 e. The molecular formula is C19H16F3N3O2S. The Labute approximate surface area is 160 Å². The summed E-state index contributed by atoms with van der Waals surface area (Å²) in [6, 6.07) is 17.2. The SMILES string of the molecule is Nc1cc(C(F)(F)F)ccc1Nc1ccc(NS(=O)(=O)c2ccccc2)cc1. The van der Waals surface area contributed by atoms with Crippen LogP contribution in [-0.2, 0) is 16.2 Å². The van der Waals surface area contributed by atoms with Crippen LogP contribution in [0.3, 0.4) is 0 Å². The third-order valence-corrected chi connectivity index (χ3v) is 5.25. The van der Waals surface area contributed by atoms with E-state index in [1.54, 1.807) is 30.3 Å². The first-order valence-electron chi connectivity index (χ1n) is 8.07. The zero-order valence-electron chi connectivity index (χ0n) is 14.4. The topological polar surface area (TPSA) is 84.2 Å². The lowest BCUT2D eigenvalue weighted by atomic mass is 10.1. The van der Waals surface area contributed by atoms with E-state index >= 15 is 0 Å². The number of alkyl halides is 3. The second kappa shape index (κ2) is 7.43. The molecule has 0 aromatic heterocycles. The van der Waals surface area contributed by atoms with E-state index in [2.05, 4.69) is 10.0 Å². The molecule has 0 fully saturated rings. The number of rotatable bonds is 5. The second-order valence-corrected chi connectivity index (χ2v) is 7.60. The van der Waals surface area contributed by atoms with E-state index in [1.807, 2.05) is 0 Å². The van der Waals surface area contributed by atoms with E-state index in [0.717, 1.165) is 12.1 Å². The maximum absolute atomic E-state index is 12.7. The summed E-state index contributed by atoms with van der Waals surface area (Å²) in [7, 11) is -3.71. The lowest BCUT2D eigenvalue weighted by Gasteiger charge is -2.13. The van der Waals surface area contributed by atoms with Gasteiger partial charge in [-0.25, -0.2) is 8.42 Å². The van der Waals surface area contributed by atoms with Gasteiger partial charge in [-0.05, 0) is 54.6 Å². The molecule has 0 aliphatic carbocycles. The Morgan fingerprint density at radius 2 is 1.43 bits per heavy atom. The van der Waals surface area contributed by atoms with Crippen LogP contribution in [0.5, 0.6) is 0 Å². The van der Waals surface area contributed by atoms with Gasteiger partial charge >= 0.3 is 6.18 Å². The fraction of sp³-hybridized carbons (Fsp3) is 0.0526. The predicted octanol–water partition coefficient (Wildman–Crippen LogP) is 4.83. The molecule has 3 rings (SSSR count). The number of hydrogen-bond acceptors (Lipinski definition) is 4. The van der Waals surface area contributed by atoms with Gasteiger partial charge in [0, 0.05) is 11.4 Å². The Balaban J connectivity index is 1.73. The van der Waals surface area contributed by atoms with Crippen molar-refractivity contribution in [3.63, 3.8) is 0 Å². The number of nitrogens with two attached hydrogens (primary N) is 1. The number of benzene rings is 3. The Bertz CT molecular complexity index is 1070. The summed E-state index contributed by atoms with van der Waals surface area (Å²) >= 11 is 0. The smallest absolute Gasteiger partial charge is 0.397 e. The summed E-state index contributed by atoms with van der Waals surface area (Å²) in [4.78, 5) is 0.134. The molecule has 0 bridgehead atoms. The van der Waals surface area contributed by atoms with Crippen LogP contribution in [-0.4, -0.2) is 8.42 Å². The van der Waals surface area contributed by atoms with E-state index in [4.69, 9.17) is 5.73 Å². The highest BCUT2D eigenvalue weighted by Crippen LogP contribution is 2.33. The molecule has 146 valence electrons. The molecule has 0 aliphatic rings. The molecule has 28 heavy (non-hydrogen) atoms. The Kier molecular flexibility index (Phi) is 5.19. The molecule has 3 aromatic rings. The van der Waals surface area contributed by atoms with Crippen LogP contribution in [0.1, 0.15) is 5.56 Å². The normalized spacial score (nSPS) is 11.8. The molecule has 0 unspecified atom stereocenters. The average Bonchev–Trinajstić information content (AvgIpc) is 2.64. The maximum atomic E-state index is 12.7.